The van der Waals surface area contributed by atoms with Gasteiger partial charge in [-0.15, -0.1) is 0 Å². The van der Waals surface area contributed by atoms with Crippen LogP contribution in [0.1, 0.15) is 5.56 Å². The second-order valence-electron chi connectivity index (χ2n) is 5.59. The molecule has 0 radical (unpaired) electrons. The number of carbonyl (C=O) groups excluding carboxylic acids is 1. The zero-order valence-electron chi connectivity index (χ0n) is 13.2. The Morgan fingerprint density at radius 1 is 0.913 bits per heavy atom. The number of amides is 2. The van der Waals surface area contributed by atoms with Gasteiger partial charge in [0.1, 0.15) is 0 Å². The van der Waals surface area contributed by atoms with Crippen molar-refractivity contribution in [2.75, 3.05) is 41.8 Å². The van der Waals surface area contributed by atoms with Crippen molar-refractivity contribution < 1.29 is 9.53 Å². The Morgan fingerprint density at radius 3 is 2.00 bits per heavy atom. The fourth-order valence-electron chi connectivity index (χ4n) is 2.51. The van der Waals surface area contributed by atoms with E-state index in [0.717, 1.165) is 48.9 Å². The summed E-state index contributed by atoms with van der Waals surface area (Å²) in [6, 6.07) is 15.3. The summed E-state index contributed by atoms with van der Waals surface area (Å²) in [7, 11) is 0. The van der Waals surface area contributed by atoms with Gasteiger partial charge in [0.25, 0.3) is 0 Å². The van der Waals surface area contributed by atoms with E-state index in [1.54, 1.807) is 0 Å². The van der Waals surface area contributed by atoms with Crippen LogP contribution in [0.25, 0.3) is 0 Å². The summed E-state index contributed by atoms with van der Waals surface area (Å²) < 4.78 is 5.35. The SMILES string of the molecule is Cc1ccc(NC(=O)Nc2ccc(N3CCOCC3)cc2)cc1. The molecule has 0 aromatic heterocycles. The van der Waals surface area contributed by atoms with Crippen molar-refractivity contribution in [3.63, 3.8) is 0 Å². The van der Waals surface area contributed by atoms with Crippen LogP contribution in [-0.2, 0) is 4.74 Å². The van der Waals surface area contributed by atoms with E-state index in [1.807, 2.05) is 55.5 Å². The average Bonchev–Trinajstić information content (AvgIpc) is 2.58. The molecule has 2 aromatic carbocycles. The number of hydrogen-bond acceptors (Lipinski definition) is 3. The predicted molar refractivity (Wildman–Crippen MR) is 93.3 cm³/mol. The van der Waals surface area contributed by atoms with E-state index >= 15 is 0 Å². The first-order chi connectivity index (χ1) is 11.2. The highest BCUT2D eigenvalue weighted by Gasteiger charge is 2.11. The van der Waals surface area contributed by atoms with Gasteiger partial charge in [0.05, 0.1) is 13.2 Å². The van der Waals surface area contributed by atoms with Crippen LogP contribution in [0.4, 0.5) is 21.9 Å². The van der Waals surface area contributed by atoms with Crippen molar-refractivity contribution in [1.82, 2.24) is 0 Å². The molecule has 0 atom stereocenters. The smallest absolute Gasteiger partial charge is 0.323 e. The number of rotatable bonds is 3. The van der Waals surface area contributed by atoms with Gasteiger partial charge in [-0.3, -0.25) is 0 Å². The number of anilines is 3. The highest BCUT2D eigenvalue weighted by molar-refractivity contribution is 5.99. The Balaban J connectivity index is 1.57. The third kappa shape index (κ3) is 4.23. The first-order valence-corrected chi connectivity index (χ1v) is 7.78. The number of aryl methyl sites for hydroxylation is 1. The maximum atomic E-state index is 12.0. The molecule has 0 unspecified atom stereocenters. The normalized spacial score (nSPS) is 14.4. The van der Waals surface area contributed by atoms with Gasteiger partial charge in [0.2, 0.25) is 0 Å². The second kappa shape index (κ2) is 7.15. The molecule has 1 heterocycles. The van der Waals surface area contributed by atoms with Crippen LogP contribution in [0.15, 0.2) is 48.5 Å². The molecule has 1 aliphatic rings. The fourth-order valence-corrected chi connectivity index (χ4v) is 2.51. The largest absolute Gasteiger partial charge is 0.378 e. The number of hydrogen-bond donors (Lipinski definition) is 2. The number of morpholine rings is 1. The molecule has 0 saturated carbocycles. The zero-order chi connectivity index (χ0) is 16.1. The van der Waals surface area contributed by atoms with Crippen LogP contribution >= 0.6 is 0 Å². The van der Waals surface area contributed by atoms with Crippen LogP contribution in [0.3, 0.4) is 0 Å². The molecule has 1 aliphatic heterocycles. The van der Waals surface area contributed by atoms with E-state index < -0.39 is 0 Å². The molecule has 5 nitrogen and oxygen atoms in total. The van der Waals surface area contributed by atoms with Gasteiger partial charge < -0.3 is 20.3 Å². The Morgan fingerprint density at radius 2 is 1.43 bits per heavy atom. The molecule has 2 amide bonds. The maximum Gasteiger partial charge on any atom is 0.323 e. The maximum absolute atomic E-state index is 12.0. The summed E-state index contributed by atoms with van der Waals surface area (Å²) in [5, 5.41) is 5.66. The third-order valence-corrected chi connectivity index (χ3v) is 3.81. The molecule has 120 valence electrons. The number of urea groups is 1. The summed E-state index contributed by atoms with van der Waals surface area (Å²) >= 11 is 0. The van der Waals surface area contributed by atoms with Crippen molar-refractivity contribution in [3.8, 4) is 0 Å². The number of benzene rings is 2. The molecule has 1 saturated heterocycles. The molecule has 0 bridgehead atoms. The number of nitrogens with one attached hydrogen (secondary N) is 2. The van der Waals surface area contributed by atoms with Gasteiger partial charge in [-0.25, -0.2) is 4.79 Å². The van der Waals surface area contributed by atoms with Gasteiger partial charge in [-0.05, 0) is 43.3 Å². The van der Waals surface area contributed by atoms with Crippen molar-refractivity contribution >= 4 is 23.1 Å². The molecule has 1 fully saturated rings. The summed E-state index contributed by atoms with van der Waals surface area (Å²) in [4.78, 5) is 14.3. The number of ether oxygens (including phenoxy) is 1. The van der Waals surface area contributed by atoms with E-state index in [9.17, 15) is 4.79 Å². The van der Waals surface area contributed by atoms with Crippen molar-refractivity contribution in [3.05, 3.63) is 54.1 Å². The lowest BCUT2D eigenvalue weighted by Crippen LogP contribution is -2.36. The second-order valence-corrected chi connectivity index (χ2v) is 5.59. The molecule has 0 spiro atoms. The Kier molecular flexibility index (Phi) is 4.78. The molecular weight excluding hydrogens is 290 g/mol. The molecule has 2 N–H and O–H groups in total. The van der Waals surface area contributed by atoms with E-state index in [-0.39, 0.29) is 6.03 Å². The molecule has 23 heavy (non-hydrogen) atoms. The van der Waals surface area contributed by atoms with Crippen LogP contribution in [0.2, 0.25) is 0 Å². The van der Waals surface area contributed by atoms with Gasteiger partial charge in [-0.1, -0.05) is 17.7 Å². The van der Waals surface area contributed by atoms with Crippen LogP contribution in [-0.4, -0.2) is 32.3 Å². The first kappa shape index (κ1) is 15.4. The monoisotopic (exact) mass is 311 g/mol. The number of nitrogens with zero attached hydrogens (tertiary/aromatic N) is 1. The minimum absolute atomic E-state index is 0.243. The minimum atomic E-state index is -0.243. The Hall–Kier alpha value is -2.53. The lowest BCUT2D eigenvalue weighted by atomic mass is 10.2. The van der Waals surface area contributed by atoms with E-state index in [2.05, 4.69) is 15.5 Å². The minimum Gasteiger partial charge on any atom is -0.378 e. The average molecular weight is 311 g/mol. The predicted octanol–water partition coefficient (Wildman–Crippen LogP) is 3.48. The molecule has 5 heteroatoms. The number of carbonyl (C=O) groups is 1. The van der Waals surface area contributed by atoms with Crippen molar-refractivity contribution in [2.45, 2.75) is 6.92 Å². The summed E-state index contributed by atoms with van der Waals surface area (Å²) in [5.74, 6) is 0. The lowest BCUT2D eigenvalue weighted by Gasteiger charge is -2.28. The molecule has 2 aromatic rings. The van der Waals surface area contributed by atoms with Crippen LogP contribution in [0, 0.1) is 6.92 Å². The van der Waals surface area contributed by atoms with E-state index in [0.29, 0.717) is 0 Å². The van der Waals surface area contributed by atoms with Gasteiger partial charge >= 0.3 is 6.03 Å². The molecular formula is C18H21N3O2. The van der Waals surface area contributed by atoms with Crippen molar-refractivity contribution in [2.24, 2.45) is 0 Å². The van der Waals surface area contributed by atoms with Crippen LogP contribution in [0.5, 0.6) is 0 Å². The van der Waals surface area contributed by atoms with E-state index in [4.69, 9.17) is 4.74 Å². The van der Waals surface area contributed by atoms with Crippen molar-refractivity contribution in [1.29, 1.82) is 0 Å². The standard InChI is InChI=1S/C18H21N3O2/c1-14-2-4-15(5-3-14)19-18(22)20-16-6-8-17(9-7-16)21-10-12-23-13-11-21/h2-9H,10-13H2,1H3,(H2,19,20,22). The Labute approximate surface area is 136 Å². The lowest BCUT2D eigenvalue weighted by molar-refractivity contribution is 0.122. The highest BCUT2D eigenvalue weighted by atomic mass is 16.5. The van der Waals surface area contributed by atoms with Gasteiger partial charge in [0.15, 0.2) is 0 Å². The Bertz CT molecular complexity index is 647. The zero-order valence-corrected chi connectivity index (χ0v) is 13.2. The van der Waals surface area contributed by atoms with Gasteiger partial charge in [0, 0.05) is 30.2 Å². The highest BCUT2D eigenvalue weighted by Crippen LogP contribution is 2.19. The molecule has 0 aliphatic carbocycles. The van der Waals surface area contributed by atoms with Crippen LogP contribution < -0.4 is 15.5 Å². The molecule has 3 rings (SSSR count). The summed E-state index contributed by atoms with van der Waals surface area (Å²) in [5.41, 5.74) is 3.86. The fraction of sp³-hybridized carbons (Fsp3) is 0.278. The summed E-state index contributed by atoms with van der Waals surface area (Å²) in [6.45, 7) is 5.35. The van der Waals surface area contributed by atoms with Gasteiger partial charge in [-0.2, -0.15) is 0 Å². The van der Waals surface area contributed by atoms with E-state index in [1.165, 1.54) is 0 Å². The third-order valence-electron chi connectivity index (χ3n) is 3.81. The quantitative estimate of drug-likeness (QED) is 0.912. The first-order valence-electron chi connectivity index (χ1n) is 7.78. The topological polar surface area (TPSA) is 53.6 Å². The summed E-state index contributed by atoms with van der Waals surface area (Å²) in [6.07, 6.45) is 0.